The van der Waals surface area contributed by atoms with Crippen LogP contribution in [0, 0.1) is 11.7 Å². The van der Waals surface area contributed by atoms with Gasteiger partial charge >= 0.3 is 0 Å². The lowest BCUT2D eigenvalue weighted by Gasteiger charge is -2.24. The number of hydrogen-bond acceptors (Lipinski definition) is 2. The third kappa shape index (κ3) is 2.98. The first-order chi connectivity index (χ1) is 10.1. The molecule has 3 heteroatoms. The van der Waals surface area contributed by atoms with Crippen LogP contribution < -0.4 is 0 Å². The molecule has 0 spiro atoms. The van der Waals surface area contributed by atoms with Crippen LogP contribution in [0.1, 0.15) is 57.6 Å². The van der Waals surface area contributed by atoms with Crippen LogP contribution in [-0.2, 0) is 5.60 Å². The van der Waals surface area contributed by atoms with Crippen LogP contribution in [0.3, 0.4) is 0 Å². The maximum Gasteiger partial charge on any atom is 0.136 e. The van der Waals surface area contributed by atoms with Gasteiger partial charge in [0, 0.05) is 5.39 Å². The number of fused-ring (bicyclic) bond motifs is 1. The number of hydrogen-bond donors (Lipinski definition) is 1. The molecule has 0 bridgehead atoms. The van der Waals surface area contributed by atoms with E-state index in [0.29, 0.717) is 17.3 Å². The third-order valence-electron chi connectivity index (χ3n) is 4.80. The number of aliphatic hydroxyl groups is 1. The molecule has 2 aromatic rings. The van der Waals surface area contributed by atoms with Crippen molar-refractivity contribution in [2.45, 2.75) is 57.5 Å². The van der Waals surface area contributed by atoms with Gasteiger partial charge in [0.15, 0.2) is 0 Å². The van der Waals surface area contributed by atoms with Crippen molar-refractivity contribution in [2.24, 2.45) is 5.92 Å². The third-order valence-corrected chi connectivity index (χ3v) is 4.80. The summed E-state index contributed by atoms with van der Waals surface area (Å²) in [5.41, 5.74) is -0.243. The number of rotatable bonds is 3. The van der Waals surface area contributed by atoms with Crippen LogP contribution >= 0.6 is 0 Å². The maximum atomic E-state index is 13.3. The van der Waals surface area contributed by atoms with Crippen LogP contribution in [0.15, 0.2) is 28.7 Å². The fourth-order valence-electron chi connectivity index (χ4n) is 3.58. The standard InChI is InChI=1S/C18H23FO2/c1-2-4-13-5-3-9-18(20,10-8-13)17-12-14-11-15(19)6-7-16(14)21-17/h6-7,11-13,20H,2-5,8-10H2,1H3. The van der Waals surface area contributed by atoms with Gasteiger partial charge < -0.3 is 9.52 Å². The Balaban J connectivity index is 1.86. The summed E-state index contributed by atoms with van der Waals surface area (Å²) in [4.78, 5) is 0. The highest BCUT2D eigenvalue weighted by Crippen LogP contribution is 2.40. The molecule has 0 saturated heterocycles. The van der Waals surface area contributed by atoms with E-state index in [1.807, 2.05) is 0 Å². The lowest BCUT2D eigenvalue weighted by Crippen LogP contribution is -2.24. The summed E-state index contributed by atoms with van der Waals surface area (Å²) in [7, 11) is 0. The first-order valence-electron chi connectivity index (χ1n) is 8.03. The van der Waals surface area contributed by atoms with Crippen LogP contribution in [0.2, 0.25) is 0 Å². The topological polar surface area (TPSA) is 33.4 Å². The molecule has 0 aliphatic heterocycles. The minimum atomic E-state index is -0.891. The summed E-state index contributed by atoms with van der Waals surface area (Å²) < 4.78 is 19.1. The highest BCUT2D eigenvalue weighted by Gasteiger charge is 2.35. The molecule has 1 heterocycles. The van der Waals surface area contributed by atoms with E-state index in [-0.39, 0.29) is 5.82 Å². The maximum absolute atomic E-state index is 13.3. The van der Waals surface area contributed by atoms with Crippen molar-refractivity contribution in [3.8, 4) is 0 Å². The Kier molecular flexibility index (Phi) is 4.03. The van der Waals surface area contributed by atoms with Gasteiger partial charge in [-0.1, -0.05) is 26.2 Å². The van der Waals surface area contributed by atoms with E-state index < -0.39 is 5.60 Å². The van der Waals surface area contributed by atoms with Gasteiger partial charge in [0.1, 0.15) is 22.8 Å². The minimum absolute atomic E-state index is 0.272. The van der Waals surface area contributed by atoms with Gasteiger partial charge in [-0.25, -0.2) is 4.39 Å². The lowest BCUT2D eigenvalue weighted by atomic mass is 9.90. The summed E-state index contributed by atoms with van der Waals surface area (Å²) in [6.07, 6.45) is 7.15. The largest absolute Gasteiger partial charge is 0.458 e. The summed E-state index contributed by atoms with van der Waals surface area (Å²) in [5.74, 6) is 1.04. The Bertz CT molecular complexity index is 619. The summed E-state index contributed by atoms with van der Waals surface area (Å²) in [5, 5.41) is 11.7. The molecule has 3 rings (SSSR count). The van der Waals surface area contributed by atoms with Crippen molar-refractivity contribution in [3.63, 3.8) is 0 Å². The van der Waals surface area contributed by atoms with Gasteiger partial charge in [0.05, 0.1) is 0 Å². The van der Waals surface area contributed by atoms with E-state index >= 15 is 0 Å². The molecule has 114 valence electrons. The Morgan fingerprint density at radius 3 is 2.95 bits per heavy atom. The molecule has 1 aromatic carbocycles. The average Bonchev–Trinajstić information content (AvgIpc) is 2.79. The van der Waals surface area contributed by atoms with Crippen molar-refractivity contribution in [1.82, 2.24) is 0 Å². The number of halogens is 1. The highest BCUT2D eigenvalue weighted by atomic mass is 19.1. The molecule has 2 unspecified atom stereocenters. The Morgan fingerprint density at radius 1 is 1.29 bits per heavy atom. The fraction of sp³-hybridized carbons (Fsp3) is 0.556. The second kappa shape index (κ2) is 5.80. The first-order valence-corrected chi connectivity index (χ1v) is 8.03. The van der Waals surface area contributed by atoms with Crippen LogP contribution in [-0.4, -0.2) is 5.11 Å². The highest BCUT2D eigenvalue weighted by molar-refractivity contribution is 5.78. The molecule has 1 fully saturated rings. The molecule has 2 nitrogen and oxygen atoms in total. The van der Waals surface area contributed by atoms with Crippen molar-refractivity contribution in [3.05, 3.63) is 35.8 Å². The monoisotopic (exact) mass is 290 g/mol. The van der Waals surface area contributed by atoms with Crippen molar-refractivity contribution < 1.29 is 13.9 Å². The van der Waals surface area contributed by atoms with Crippen molar-refractivity contribution in [2.75, 3.05) is 0 Å². The summed E-state index contributed by atoms with van der Waals surface area (Å²) in [6, 6.07) is 6.29. The fourth-order valence-corrected chi connectivity index (χ4v) is 3.58. The average molecular weight is 290 g/mol. The van der Waals surface area contributed by atoms with Gasteiger partial charge in [0.25, 0.3) is 0 Å². The Morgan fingerprint density at radius 2 is 2.14 bits per heavy atom. The molecule has 1 aliphatic carbocycles. The predicted octanol–water partition coefficient (Wildman–Crippen LogP) is 5.14. The van der Waals surface area contributed by atoms with Crippen molar-refractivity contribution in [1.29, 1.82) is 0 Å². The molecule has 0 amide bonds. The van der Waals surface area contributed by atoms with Crippen LogP contribution in [0.4, 0.5) is 4.39 Å². The van der Waals surface area contributed by atoms with Gasteiger partial charge in [-0.2, -0.15) is 0 Å². The first kappa shape index (κ1) is 14.6. The lowest BCUT2D eigenvalue weighted by molar-refractivity contribution is 0.000103. The summed E-state index contributed by atoms with van der Waals surface area (Å²) in [6.45, 7) is 2.21. The molecular formula is C18H23FO2. The van der Waals surface area contributed by atoms with E-state index in [0.717, 1.165) is 31.1 Å². The second-order valence-corrected chi connectivity index (χ2v) is 6.41. The van der Waals surface area contributed by atoms with E-state index in [9.17, 15) is 9.50 Å². The Labute approximate surface area is 125 Å². The van der Waals surface area contributed by atoms with E-state index in [4.69, 9.17) is 4.42 Å². The van der Waals surface area contributed by atoms with Crippen molar-refractivity contribution >= 4 is 11.0 Å². The molecular weight excluding hydrogens is 267 g/mol. The SMILES string of the molecule is CCCC1CCCC(O)(c2cc3cc(F)ccc3o2)CC1. The smallest absolute Gasteiger partial charge is 0.136 e. The normalized spacial score (nSPS) is 26.9. The van der Waals surface area contributed by atoms with E-state index in [1.54, 1.807) is 12.1 Å². The van der Waals surface area contributed by atoms with Gasteiger partial charge in [0.2, 0.25) is 0 Å². The molecule has 0 radical (unpaired) electrons. The quantitative estimate of drug-likeness (QED) is 0.794. The summed E-state index contributed by atoms with van der Waals surface area (Å²) >= 11 is 0. The minimum Gasteiger partial charge on any atom is -0.458 e. The molecule has 1 saturated carbocycles. The van der Waals surface area contributed by atoms with Crippen LogP contribution in [0.25, 0.3) is 11.0 Å². The molecule has 21 heavy (non-hydrogen) atoms. The molecule has 2 atom stereocenters. The van der Waals surface area contributed by atoms with E-state index in [2.05, 4.69) is 6.92 Å². The van der Waals surface area contributed by atoms with Gasteiger partial charge in [-0.15, -0.1) is 0 Å². The second-order valence-electron chi connectivity index (χ2n) is 6.41. The van der Waals surface area contributed by atoms with Gasteiger partial charge in [-0.3, -0.25) is 0 Å². The zero-order chi connectivity index (χ0) is 14.9. The predicted molar refractivity (Wildman–Crippen MR) is 81.6 cm³/mol. The number of benzene rings is 1. The number of furan rings is 1. The molecule has 1 aliphatic rings. The van der Waals surface area contributed by atoms with Gasteiger partial charge in [-0.05, 0) is 55.9 Å². The van der Waals surface area contributed by atoms with E-state index in [1.165, 1.54) is 31.4 Å². The molecule has 1 N–H and O–H groups in total. The Hall–Kier alpha value is -1.35. The van der Waals surface area contributed by atoms with Crippen LogP contribution in [0.5, 0.6) is 0 Å². The zero-order valence-corrected chi connectivity index (χ0v) is 12.6. The zero-order valence-electron chi connectivity index (χ0n) is 12.6. The molecule has 1 aromatic heterocycles.